The van der Waals surface area contributed by atoms with E-state index in [2.05, 4.69) is 6.92 Å². The molecule has 0 aromatic heterocycles. The molecule has 0 aliphatic carbocycles. The van der Waals surface area contributed by atoms with Gasteiger partial charge < -0.3 is 9.84 Å². The van der Waals surface area contributed by atoms with Crippen molar-refractivity contribution in [2.24, 2.45) is 0 Å². The first-order valence-electron chi connectivity index (χ1n) is 7.30. The lowest BCUT2D eigenvalue weighted by atomic mass is 10.0. The third-order valence-corrected chi connectivity index (χ3v) is 3.33. The highest BCUT2D eigenvalue weighted by Crippen LogP contribution is 2.27. The second-order valence-electron chi connectivity index (χ2n) is 5.00. The largest absolute Gasteiger partial charge is 0.478 e. The van der Waals surface area contributed by atoms with E-state index in [1.807, 2.05) is 30.3 Å². The van der Waals surface area contributed by atoms with Gasteiger partial charge in [0.2, 0.25) is 0 Å². The molecule has 0 unspecified atom stereocenters. The normalized spacial score (nSPS) is 10.3. The quantitative estimate of drug-likeness (QED) is 0.735. The van der Waals surface area contributed by atoms with Gasteiger partial charge in [-0.15, -0.1) is 0 Å². The molecule has 3 heteroatoms. The number of carboxylic acids is 1. The molecule has 0 fully saturated rings. The van der Waals surface area contributed by atoms with Gasteiger partial charge in [0.15, 0.2) is 0 Å². The van der Waals surface area contributed by atoms with E-state index in [1.54, 1.807) is 18.2 Å². The van der Waals surface area contributed by atoms with Gasteiger partial charge in [-0.1, -0.05) is 38.0 Å². The molecule has 3 nitrogen and oxygen atoms in total. The summed E-state index contributed by atoms with van der Waals surface area (Å²) in [5, 5.41) is 9.12. The van der Waals surface area contributed by atoms with E-state index >= 15 is 0 Å². The Morgan fingerprint density at radius 3 is 2.52 bits per heavy atom. The van der Waals surface area contributed by atoms with Crippen LogP contribution in [0.5, 0.6) is 11.5 Å². The van der Waals surface area contributed by atoms with E-state index in [-0.39, 0.29) is 0 Å². The Morgan fingerprint density at radius 1 is 1.10 bits per heavy atom. The minimum absolute atomic E-state index is 0.307. The number of para-hydroxylation sites is 1. The molecule has 110 valence electrons. The van der Waals surface area contributed by atoms with Gasteiger partial charge in [0.1, 0.15) is 11.5 Å². The summed E-state index contributed by atoms with van der Waals surface area (Å²) in [6.45, 7) is 2.15. The van der Waals surface area contributed by atoms with Gasteiger partial charge in [0.05, 0.1) is 5.56 Å². The van der Waals surface area contributed by atoms with Crippen LogP contribution in [0.15, 0.2) is 48.5 Å². The average molecular weight is 284 g/mol. The van der Waals surface area contributed by atoms with Crippen molar-refractivity contribution < 1.29 is 14.6 Å². The third kappa shape index (κ3) is 4.35. The van der Waals surface area contributed by atoms with Crippen molar-refractivity contribution in [3.8, 4) is 11.5 Å². The first-order valence-corrected chi connectivity index (χ1v) is 7.30. The van der Waals surface area contributed by atoms with E-state index in [0.717, 1.165) is 42.7 Å². The number of carbonyl (C=O) groups is 1. The monoisotopic (exact) mass is 284 g/mol. The smallest absolute Gasteiger partial charge is 0.335 e. The maximum atomic E-state index is 11.1. The lowest BCUT2D eigenvalue weighted by molar-refractivity contribution is 0.0696. The van der Waals surface area contributed by atoms with Crippen LogP contribution in [0.4, 0.5) is 0 Å². The molecule has 0 aliphatic heterocycles. The Kier molecular flexibility index (Phi) is 5.38. The van der Waals surface area contributed by atoms with Gasteiger partial charge in [-0.3, -0.25) is 0 Å². The number of aryl methyl sites for hydroxylation is 1. The molecule has 0 saturated heterocycles. The summed E-state index contributed by atoms with van der Waals surface area (Å²) in [6, 6.07) is 14.6. The van der Waals surface area contributed by atoms with E-state index in [1.165, 1.54) is 0 Å². The van der Waals surface area contributed by atoms with Crippen molar-refractivity contribution in [3.05, 3.63) is 59.7 Å². The Hall–Kier alpha value is -2.29. The highest BCUT2D eigenvalue weighted by molar-refractivity contribution is 5.88. The van der Waals surface area contributed by atoms with Crippen LogP contribution in [0.25, 0.3) is 0 Å². The Balaban J connectivity index is 2.23. The maximum Gasteiger partial charge on any atom is 0.335 e. The summed E-state index contributed by atoms with van der Waals surface area (Å²) in [4.78, 5) is 11.1. The van der Waals surface area contributed by atoms with Gasteiger partial charge in [-0.2, -0.15) is 0 Å². The van der Waals surface area contributed by atoms with Gasteiger partial charge >= 0.3 is 5.97 Å². The van der Waals surface area contributed by atoms with Crippen LogP contribution in [0.1, 0.15) is 42.1 Å². The number of hydrogen-bond acceptors (Lipinski definition) is 2. The summed E-state index contributed by atoms with van der Waals surface area (Å²) in [6.07, 6.45) is 4.12. The lowest BCUT2D eigenvalue weighted by Gasteiger charge is -2.12. The topological polar surface area (TPSA) is 46.5 Å². The molecule has 1 N–H and O–H groups in total. The number of ether oxygens (including phenoxy) is 1. The molecule has 2 aromatic rings. The standard InChI is InChI=1S/C18H20O3/c1-2-3-5-8-14-13-15(18(19)20)11-12-17(14)21-16-9-6-4-7-10-16/h4,6-7,9-13H,2-3,5,8H2,1H3,(H,19,20). The Bertz CT molecular complexity index is 591. The number of carboxylic acid groups (broad SMARTS) is 1. The Morgan fingerprint density at radius 2 is 1.86 bits per heavy atom. The minimum atomic E-state index is -0.905. The van der Waals surface area contributed by atoms with E-state index in [9.17, 15) is 4.79 Å². The summed E-state index contributed by atoms with van der Waals surface area (Å²) in [7, 11) is 0. The van der Waals surface area contributed by atoms with Crippen molar-refractivity contribution in [3.63, 3.8) is 0 Å². The van der Waals surface area contributed by atoms with Crippen molar-refractivity contribution in [2.45, 2.75) is 32.6 Å². The zero-order valence-corrected chi connectivity index (χ0v) is 12.2. The fourth-order valence-corrected chi connectivity index (χ4v) is 2.19. The fraction of sp³-hybridized carbons (Fsp3) is 0.278. The molecule has 0 saturated carbocycles. The van der Waals surface area contributed by atoms with Crippen LogP contribution in [-0.4, -0.2) is 11.1 Å². The number of aromatic carboxylic acids is 1. The van der Waals surface area contributed by atoms with E-state index in [0.29, 0.717) is 5.56 Å². The van der Waals surface area contributed by atoms with Crippen LogP contribution in [-0.2, 0) is 6.42 Å². The average Bonchev–Trinajstić information content (AvgIpc) is 2.50. The van der Waals surface area contributed by atoms with Crippen molar-refractivity contribution in [1.29, 1.82) is 0 Å². The molecule has 0 heterocycles. The van der Waals surface area contributed by atoms with Gasteiger partial charge in [-0.25, -0.2) is 4.79 Å². The molecule has 2 aromatic carbocycles. The molecule has 0 spiro atoms. The first-order chi connectivity index (χ1) is 10.2. The zero-order chi connectivity index (χ0) is 15.1. The maximum absolute atomic E-state index is 11.1. The highest BCUT2D eigenvalue weighted by atomic mass is 16.5. The molecule has 0 aliphatic rings. The molecule has 0 radical (unpaired) electrons. The van der Waals surface area contributed by atoms with Crippen LogP contribution in [0, 0.1) is 0 Å². The third-order valence-electron chi connectivity index (χ3n) is 3.33. The van der Waals surface area contributed by atoms with Crippen LogP contribution >= 0.6 is 0 Å². The van der Waals surface area contributed by atoms with Crippen LogP contribution in [0.3, 0.4) is 0 Å². The molecular weight excluding hydrogens is 264 g/mol. The molecular formula is C18H20O3. The van der Waals surface area contributed by atoms with Crippen LogP contribution < -0.4 is 4.74 Å². The SMILES string of the molecule is CCCCCc1cc(C(=O)O)ccc1Oc1ccccc1. The number of hydrogen-bond donors (Lipinski definition) is 1. The summed E-state index contributed by atoms with van der Waals surface area (Å²) in [5.41, 5.74) is 1.26. The molecule has 21 heavy (non-hydrogen) atoms. The van der Waals surface area contributed by atoms with E-state index < -0.39 is 5.97 Å². The predicted molar refractivity (Wildman–Crippen MR) is 83.1 cm³/mol. The highest BCUT2D eigenvalue weighted by Gasteiger charge is 2.10. The van der Waals surface area contributed by atoms with Crippen LogP contribution in [0.2, 0.25) is 0 Å². The fourth-order valence-electron chi connectivity index (χ4n) is 2.19. The predicted octanol–water partition coefficient (Wildman–Crippen LogP) is 4.91. The Labute approximate surface area is 125 Å². The first kappa shape index (κ1) is 15.1. The molecule has 0 amide bonds. The van der Waals surface area contributed by atoms with Crippen molar-refractivity contribution in [2.75, 3.05) is 0 Å². The summed E-state index contributed by atoms with van der Waals surface area (Å²) < 4.78 is 5.88. The van der Waals surface area contributed by atoms with Gasteiger partial charge in [0.25, 0.3) is 0 Å². The van der Waals surface area contributed by atoms with Crippen molar-refractivity contribution in [1.82, 2.24) is 0 Å². The second kappa shape index (κ2) is 7.48. The van der Waals surface area contributed by atoms with Gasteiger partial charge in [0, 0.05) is 0 Å². The number of rotatable bonds is 7. The summed E-state index contributed by atoms with van der Waals surface area (Å²) >= 11 is 0. The zero-order valence-electron chi connectivity index (χ0n) is 12.2. The van der Waals surface area contributed by atoms with E-state index in [4.69, 9.17) is 9.84 Å². The van der Waals surface area contributed by atoms with Gasteiger partial charge in [-0.05, 0) is 48.7 Å². The lowest BCUT2D eigenvalue weighted by Crippen LogP contribution is -2.00. The molecule has 2 rings (SSSR count). The van der Waals surface area contributed by atoms with Crippen molar-refractivity contribution >= 4 is 5.97 Å². The number of unbranched alkanes of at least 4 members (excludes halogenated alkanes) is 2. The number of benzene rings is 2. The second-order valence-corrected chi connectivity index (χ2v) is 5.00. The summed E-state index contributed by atoms with van der Waals surface area (Å²) in [5.74, 6) is 0.595. The molecule has 0 atom stereocenters. The molecule has 0 bridgehead atoms. The minimum Gasteiger partial charge on any atom is -0.478 e.